The lowest BCUT2D eigenvalue weighted by atomic mass is 10.2. The van der Waals surface area contributed by atoms with E-state index in [2.05, 4.69) is 29.1 Å². The van der Waals surface area contributed by atoms with Crippen molar-refractivity contribution in [2.45, 2.75) is 43.6 Å². The van der Waals surface area contributed by atoms with Gasteiger partial charge < -0.3 is 10.3 Å². The largest absolute Gasteiger partial charge is 0.317 e. The number of rotatable bonds is 5. The molecule has 4 nitrogen and oxygen atoms in total. The van der Waals surface area contributed by atoms with Crippen LogP contribution in [0.2, 0.25) is 0 Å². The molecule has 0 aliphatic heterocycles. The zero-order valence-corrected chi connectivity index (χ0v) is 11.0. The van der Waals surface area contributed by atoms with Gasteiger partial charge in [0, 0.05) is 23.1 Å². The van der Waals surface area contributed by atoms with Crippen molar-refractivity contribution < 1.29 is 0 Å². The molecule has 5 heteroatoms. The molecule has 1 heterocycles. The molecular weight excluding hydrogens is 222 g/mol. The number of H-pyrrole nitrogens is 1. The Morgan fingerprint density at radius 1 is 1.56 bits per heavy atom. The van der Waals surface area contributed by atoms with Gasteiger partial charge >= 0.3 is 0 Å². The molecule has 0 aromatic carbocycles. The minimum Gasteiger partial charge on any atom is -0.317 e. The highest BCUT2D eigenvalue weighted by Gasteiger charge is 2.10. The molecule has 1 aromatic rings. The van der Waals surface area contributed by atoms with Gasteiger partial charge in [0.1, 0.15) is 0 Å². The summed E-state index contributed by atoms with van der Waals surface area (Å²) in [5, 5.41) is 4.33. The van der Waals surface area contributed by atoms with Crippen LogP contribution in [0, 0.1) is 6.92 Å². The number of thioether (sulfide) groups is 1. The van der Waals surface area contributed by atoms with Crippen molar-refractivity contribution >= 4 is 11.8 Å². The summed E-state index contributed by atoms with van der Waals surface area (Å²) in [4.78, 5) is 18.3. The van der Waals surface area contributed by atoms with Crippen LogP contribution < -0.4 is 10.9 Å². The van der Waals surface area contributed by atoms with Crippen LogP contribution in [0.3, 0.4) is 0 Å². The molecule has 0 aliphatic carbocycles. The Hall–Kier alpha value is -0.810. The number of nitrogens with one attached hydrogen (secondary N) is 2. The van der Waals surface area contributed by atoms with E-state index in [1.165, 1.54) is 6.07 Å². The van der Waals surface area contributed by atoms with Gasteiger partial charge in [0.25, 0.3) is 5.56 Å². The Bertz CT molecular complexity index is 391. The summed E-state index contributed by atoms with van der Waals surface area (Å²) in [7, 11) is 1.95. The molecule has 0 saturated carbocycles. The van der Waals surface area contributed by atoms with Crippen LogP contribution in [0.5, 0.6) is 0 Å². The SMILES string of the molecule is CNC(C)CC(C)Sc1nc(C)cc(=O)[nH]1. The lowest BCUT2D eigenvalue weighted by Gasteiger charge is -2.15. The van der Waals surface area contributed by atoms with E-state index in [1.54, 1.807) is 11.8 Å². The van der Waals surface area contributed by atoms with Gasteiger partial charge in [0.05, 0.1) is 0 Å². The molecule has 0 fully saturated rings. The number of aromatic nitrogens is 2. The van der Waals surface area contributed by atoms with E-state index in [1.807, 2.05) is 14.0 Å². The average molecular weight is 241 g/mol. The molecule has 1 rings (SSSR count). The third-order valence-electron chi connectivity index (χ3n) is 2.34. The van der Waals surface area contributed by atoms with Crippen molar-refractivity contribution in [3.05, 3.63) is 22.1 Å². The second kappa shape index (κ2) is 6.06. The van der Waals surface area contributed by atoms with Crippen molar-refractivity contribution in [3.8, 4) is 0 Å². The number of hydrogen-bond acceptors (Lipinski definition) is 4. The number of aryl methyl sites for hydroxylation is 1. The topological polar surface area (TPSA) is 57.8 Å². The predicted octanol–water partition coefficient (Wildman–Crippen LogP) is 1.56. The summed E-state index contributed by atoms with van der Waals surface area (Å²) >= 11 is 1.61. The van der Waals surface area contributed by atoms with Crippen LogP contribution in [-0.2, 0) is 0 Å². The first kappa shape index (κ1) is 13.3. The second-order valence-corrected chi connectivity index (χ2v) is 5.47. The minimum absolute atomic E-state index is 0.0798. The molecule has 2 unspecified atom stereocenters. The molecule has 2 N–H and O–H groups in total. The second-order valence-electron chi connectivity index (χ2n) is 4.05. The van der Waals surface area contributed by atoms with Gasteiger partial charge in [0.2, 0.25) is 0 Å². The van der Waals surface area contributed by atoms with Crippen molar-refractivity contribution in [1.29, 1.82) is 0 Å². The normalized spacial score (nSPS) is 14.8. The van der Waals surface area contributed by atoms with Crippen molar-refractivity contribution in [2.75, 3.05) is 7.05 Å². The van der Waals surface area contributed by atoms with Crippen LogP contribution in [0.4, 0.5) is 0 Å². The highest BCUT2D eigenvalue weighted by atomic mass is 32.2. The molecule has 0 saturated heterocycles. The Labute approximate surface area is 100 Å². The maximum Gasteiger partial charge on any atom is 0.251 e. The number of hydrogen-bond donors (Lipinski definition) is 2. The zero-order valence-electron chi connectivity index (χ0n) is 10.2. The number of aromatic amines is 1. The van der Waals surface area contributed by atoms with Crippen molar-refractivity contribution in [1.82, 2.24) is 15.3 Å². The Balaban J connectivity index is 2.62. The fourth-order valence-electron chi connectivity index (χ4n) is 1.46. The monoisotopic (exact) mass is 241 g/mol. The standard InChI is InChI=1S/C11H19N3OS/c1-7(12-4)5-9(3)16-11-13-8(2)6-10(15)14-11/h6-7,9,12H,5H2,1-4H3,(H,13,14,15). The van der Waals surface area contributed by atoms with Crippen LogP contribution in [0.15, 0.2) is 16.0 Å². The molecule has 0 bridgehead atoms. The first-order valence-electron chi connectivity index (χ1n) is 5.43. The minimum atomic E-state index is -0.0798. The Kier molecular flexibility index (Phi) is 5.02. The molecule has 0 aliphatic rings. The zero-order chi connectivity index (χ0) is 12.1. The van der Waals surface area contributed by atoms with E-state index in [-0.39, 0.29) is 5.56 Å². The van der Waals surface area contributed by atoms with Crippen LogP contribution in [-0.4, -0.2) is 28.3 Å². The van der Waals surface area contributed by atoms with Gasteiger partial charge in [-0.2, -0.15) is 0 Å². The Morgan fingerprint density at radius 3 is 2.81 bits per heavy atom. The van der Waals surface area contributed by atoms with E-state index < -0.39 is 0 Å². The first-order chi connectivity index (χ1) is 7.51. The van der Waals surface area contributed by atoms with Crippen LogP contribution in [0.25, 0.3) is 0 Å². The van der Waals surface area contributed by atoms with E-state index in [9.17, 15) is 4.79 Å². The van der Waals surface area contributed by atoms with Crippen LogP contribution in [0.1, 0.15) is 26.0 Å². The van der Waals surface area contributed by atoms with Gasteiger partial charge in [-0.3, -0.25) is 4.79 Å². The molecule has 0 radical (unpaired) electrons. The quantitative estimate of drug-likeness (QED) is 0.607. The van der Waals surface area contributed by atoms with E-state index in [4.69, 9.17) is 0 Å². The third kappa shape index (κ3) is 4.37. The molecule has 0 spiro atoms. The Morgan fingerprint density at radius 2 is 2.25 bits per heavy atom. The van der Waals surface area contributed by atoms with Gasteiger partial charge in [-0.25, -0.2) is 4.98 Å². The van der Waals surface area contributed by atoms with E-state index in [0.717, 1.165) is 12.1 Å². The lowest BCUT2D eigenvalue weighted by molar-refractivity contribution is 0.563. The fourth-order valence-corrected chi connectivity index (χ4v) is 2.58. The maximum atomic E-state index is 11.2. The summed E-state index contributed by atoms with van der Waals surface area (Å²) in [6.45, 7) is 6.12. The molecule has 2 atom stereocenters. The van der Waals surface area contributed by atoms with Gasteiger partial charge in [-0.15, -0.1) is 0 Å². The summed E-state index contributed by atoms with van der Waals surface area (Å²) in [5.74, 6) is 0. The van der Waals surface area contributed by atoms with Gasteiger partial charge in [-0.05, 0) is 27.3 Å². The highest BCUT2D eigenvalue weighted by molar-refractivity contribution is 7.99. The maximum absolute atomic E-state index is 11.2. The van der Waals surface area contributed by atoms with Crippen LogP contribution >= 0.6 is 11.8 Å². The summed E-state index contributed by atoms with van der Waals surface area (Å²) in [6.07, 6.45) is 1.04. The summed E-state index contributed by atoms with van der Waals surface area (Å²) in [6, 6.07) is 1.98. The summed E-state index contributed by atoms with van der Waals surface area (Å²) in [5.41, 5.74) is 0.684. The molecule has 16 heavy (non-hydrogen) atoms. The van der Waals surface area contributed by atoms with Gasteiger partial charge in [0.15, 0.2) is 5.16 Å². The number of nitrogens with zero attached hydrogens (tertiary/aromatic N) is 1. The molecule has 0 amide bonds. The first-order valence-corrected chi connectivity index (χ1v) is 6.31. The van der Waals surface area contributed by atoms with E-state index in [0.29, 0.717) is 16.4 Å². The van der Waals surface area contributed by atoms with Gasteiger partial charge in [-0.1, -0.05) is 18.7 Å². The lowest BCUT2D eigenvalue weighted by Crippen LogP contribution is -2.24. The molecular formula is C11H19N3OS. The van der Waals surface area contributed by atoms with Crippen molar-refractivity contribution in [2.24, 2.45) is 0 Å². The van der Waals surface area contributed by atoms with Crippen molar-refractivity contribution in [3.63, 3.8) is 0 Å². The molecule has 1 aromatic heterocycles. The predicted molar refractivity (Wildman–Crippen MR) is 68.1 cm³/mol. The highest BCUT2D eigenvalue weighted by Crippen LogP contribution is 2.21. The summed E-state index contributed by atoms with van der Waals surface area (Å²) < 4.78 is 0. The smallest absolute Gasteiger partial charge is 0.251 e. The third-order valence-corrected chi connectivity index (χ3v) is 3.35. The molecule has 90 valence electrons. The van der Waals surface area contributed by atoms with E-state index >= 15 is 0 Å². The average Bonchev–Trinajstić information content (AvgIpc) is 2.15. The fraction of sp³-hybridized carbons (Fsp3) is 0.636.